The first-order valence-electron chi connectivity index (χ1n) is 6.94. The smallest absolute Gasteiger partial charge is 0.119 e. The molecule has 1 heterocycles. The topological polar surface area (TPSA) is 39.1 Å². The van der Waals surface area contributed by atoms with E-state index in [2.05, 4.69) is 43.3 Å². The molecule has 1 unspecified atom stereocenters. The maximum Gasteiger partial charge on any atom is 0.119 e. The van der Waals surface area contributed by atoms with Crippen LogP contribution in [-0.2, 0) is 7.05 Å². The highest BCUT2D eigenvalue weighted by Gasteiger charge is 2.19. The van der Waals surface area contributed by atoms with Crippen LogP contribution in [0, 0.1) is 13.8 Å². The Morgan fingerprint density at radius 1 is 1.30 bits per heavy atom. The quantitative estimate of drug-likeness (QED) is 0.910. The lowest BCUT2D eigenvalue weighted by molar-refractivity contribution is 0.414. The molecule has 4 heteroatoms. The lowest BCUT2D eigenvalue weighted by Crippen LogP contribution is -2.23. The molecule has 1 aromatic heterocycles. The Balaban J connectivity index is 2.46. The number of hydrogen-bond donors (Lipinski definition) is 1. The van der Waals surface area contributed by atoms with Crippen molar-refractivity contribution in [2.45, 2.75) is 26.8 Å². The molecule has 0 saturated heterocycles. The summed E-state index contributed by atoms with van der Waals surface area (Å²) in [5.74, 6) is 0.893. The van der Waals surface area contributed by atoms with E-state index < -0.39 is 0 Å². The summed E-state index contributed by atoms with van der Waals surface area (Å²) in [6, 6.07) is 6.39. The van der Waals surface area contributed by atoms with Crippen LogP contribution in [0.15, 0.2) is 24.4 Å². The molecule has 0 spiro atoms. The zero-order chi connectivity index (χ0) is 14.7. The van der Waals surface area contributed by atoms with E-state index in [1.54, 1.807) is 7.11 Å². The van der Waals surface area contributed by atoms with Crippen LogP contribution in [0.1, 0.15) is 35.3 Å². The van der Waals surface area contributed by atoms with Crippen molar-refractivity contribution < 1.29 is 4.74 Å². The highest BCUT2D eigenvalue weighted by Crippen LogP contribution is 2.29. The number of ether oxygens (including phenoxy) is 1. The van der Waals surface area contributed by atoms with Crippen LogP contribution >= 0.6 is 0 Å². The van der Waals surface area contributed by atoms with Crippen molar-refractivity contribution in [1.82, 2.24) is 15.1 Å². The second-order valence-electron chi connectivity index (χ2n) is 5.02. The maximum atomic E-state index is 5.29. The second kappa shape index (κ2) is 6.09. The highest BCUT2D eigenvalue weighted by atomic mass is 16.5. The van der Waals surface area contributed by atoms with E-state index in [4.69, 9.17) is 4.74 Å². The van der Waals surface area contributed by atoms with Crippen molar-refractivity contribution in [2.75, 3.05) is 13.7 Å². The first kappa shape index (κ1) is 14.6. The van der Waals surface area contributed by atoms with Crippen LogP contribution in [0.25, 0.3) is 0 Å². The molecular formula is C16H23N3O. The second-order valence-corrected chi connectivity index (χ2v) is 5.02. The van der Waals surface area contributed by atoms with Gasteiger partial charge in [-0.25, -0.2) is 0 Å². The Morgan fingerprint density at radius 3 is 2.55 bits per heavy atom. The molecule has 0 saturated carbocycles. The van der Waals surface area contributed by atoms with Gasteiger partial charge in [0.15, 0.2) is 0 Å². The monoisotopic (exact) mass is 273 g/mol. The third-order valence-corrected chi connectivity index (χ3v) is 3.78. The van der Waals surface area contributed by atoms with Crippen molar-refractivity contribution in [3.05, 3.63) is 46.8 Å². The van der Waals surface area contributed by atoms with Gasteiger partial charge >= 0.3 is 0 Å². The zero-order valence-corrected chi connectivity index (χ0v) is 12.9. The molecule has 4 nitrogen and oxygen atoms in total. The summed E-state index contributed by atoms with van der Waals surface area (Å²) in [4.78, 5) is 0. The van der Waals surface area contributed by atoms with Crippen LogP contribution in [-0.4, -0.2) is 23.4 Å². The third-order valence-electron chi connectivity index (χ3n) is 3.78. The van der Waals surface area contributed by atoms with Crippen molar-refractivity contribution in [3.63, 3.8) is 0 Å². The van der Waals surface area contributed by atoms with Gasteiger partial charge in [-0.15, -0.1) is 0 Å². The highest BCUT2D eigenvalue weighted by molar-refractivity contribution is 5.41. The van der Waals surface area contributed by atoms with E-state index in [1.807, 2.05) is 24.0 Å². The minimum atomic E-state index is 0.166. The van der Waals surface area contributed by atoms with E-state index in [-0.39, 0.29) is 6.04 Å². The van der Waals surface area contributed by atoms with Gasteiger partial charge in [-0.2, -0.15) is 5.10 Å². The van der Waals surface area contributed by atoms with Gasteiger partial charge in [-0.3, -0.25) is 4.68 Å². The van der Waals surface area contributed by atoms with Gasteiger partial charge < -0.3 is 10.1 Å². The molecule has 0 bridgehead atoms. The Labute approximate surface area is 120 Å². The fraction of sp³-hybridized carbons (Fsp3) is 0.438. The Bertz CT molecular complexity index is 589. The third kappa shape index (κ3) is 2.70. The molecule has 2 aromatic rings. The SMILES string of the molecule is CCNC(c1ccc(OC)cc1C)c1cnn(C)c1C. The molecule has 0 aliphatic carbocycles. The summed E-state index contributed by atoms with van der Waals surface area (Å²) in [6.45, 7) is 7.25. The molecule has 1 aromatic carbocycles. The zero-order valence-electron chi connectivity index (χ0n) is 12.9. The number of aryl methyl sites for hydroxylation is 2. The standard InChI is InChI=1S/C16H23N3O/c1-6-17-16(15-10-18-19(4)12(15)3)14-8-7-13(20-5)9-11(14)2/h7-10,16-17H,6H2,1-5H3. The van der Waals surface area contributed by atoms with Crippen LogP contribution in [0.5, 0.6) is 5.75 Å². The number of benzene rings is 1. The van der Waals surface area contributed by atoms with E-state index in [1.165, 1.54) is 22.4 Å². The van der Waals surface area contributed by atoms with Gasteiger partial charge in [-0.1, -0.05) is 13.0 Å². The van der Waals surface area contributed by atoms with Crippen LogP contribution < -0.4 is 10.1 Å². The van der Waals surface area contributed by atoms with Crippen LogP contribution in [0.4, 0.5) is 0 Å². The van der Waals surface area contributed by atoms with Crippen molar-refractivity contribution in [3.8, 4) is 5.75 Å². The fourth-order valence-corrected chi connectivity index (χ4v) is 2.49. The molecule has 0 amide bonds. The fourth-order valence-electron chi connectivity index (χ4n) is 2.49. The maximum absolute atomic E-state index is 5.29. The van der Waals surface area contributed by atoms with E-state index >= 15 is 0 Å². The van der Waals surface area contributed by atoms with Crippen LogP contribution in [0.3, 0.4) is 0 Å². The molecule has 0 fully saturated rings. The van der Waals surface area contributed by atoms with Crippen molar-refractivity contribution in [1.29, 1.82) is 0 Å². The Kier molecular flexibility index (Phi) is 4.45. The van der Waals surface area contributed by atoms with Gasteiger partial charge in [0.25, 0.3) is 0 Å². The summed E-state index contributed by atoms with van der Waals surface area (Å²) in [5, 5.41) is 7.91. The number of nitrogens with zero attached hydrogens (tertiary/aromatic N) is 2. The molecule has 108 valence electrons. The van der Waals surface area contributed by atoms with Crippen molar-refractivity contribution in [2.24, 2.45) is 7.05 Å². The number of aromatic nitrogens is 2. The van der Waals surface area contributed by atoms with E-state index in [0.717, 1.165) is 12.3 Å². The van der Waals surface area contributed by atoms with E-state index in [0.29, 0.717) is 0 Å². The molecule has 0 aliphatic rings. The summed E-state index contributed by atoms with van der Waals surface area (Å²) in [5.41, 5.74) is 4.90. The minimum absolute atomic E-state index is 0.166. The predicted octanol–water partition coefficient (Wildman–Crippen LogP) is 2.74. The molecule has 1 atom stereocenters. The normalized spacial score (nSPS) is 12.4. The molecule has 1 N–H and O–H groups in total. The van der Waals surface area contributed by atoms with Crippen molar-refractivity contribution >= 4 is 0 Å². The van der Waals surface area contributed by atoms with Crippen LogP contribution in [0.2, 0.25) is 0 Å². The first-order chi connectivity index (χ1) is 9.58. The van der Waals surface area contributed by atoms with Gasteiger partial charge in [0.05, 0.1) is 19.3 Å². The molecular weight excluding hydrogens is 250 g/mol. The summed E-state index contributed by atoms with van der Waals surface area (Å²) < 4.78 is 7.20. The van der Waals surface area contributed by atoms with Gasteiger partial charge in [0, 0.05) is 18.3 Å². The number of rotatable bonds is 5. The average Bonchev–Trinajstić information content (AvgIpc) is 2.77. The molecule has 20 heavy (non-hydrogen) atoms. The first-order valence-corrected chi connectivity index (χ1v) is 6.94. The Morgan fingerprint density at radius 2 is 2.05 bits per heavy atom. The molecule has 0 aliphatic heterocycles. The predicted molar refractivity (Wildman–Crippen MR) is 81.2 cm³/mol. The lowest BCUT2D eigenvalue weighted by Gasteiger charge is -2.21. The van der Waals surface area contributed by atoms with E-state index in [9.17, 15) is 0 Å². The molecule has 2 rings (SSSR count). The van der Waals surface area contributed by atoms with Gasteiger partial charge in [-0.05, 0) is 43.7 Å². The minimum Gasteiger partial charge on any atom is -0.497 e. The molecule has 0 radical (unpaired) electrons. The Hall–Kier alpha value is -1.81. The summed E-state index contributed by atoms with van der Waals surface area (Å²) in [6.07, 6.45) is 1.95. The number of hydrogen-bond acceptors (Lipinski definition) is 3. The van der Waals surface area contributed by atoms with Gasteiger partial charge in [0.2, 0.25) is 0 Å². The summed E-state index contributed by atoms with van der Waals surface area (Å²) >= 11 is 0. The largest absolute Gasteiger partial charge is 0.497 e. The summed E-state index contributed by atoms with van der Waals surface area (Å²) in [7, 11) is 3.67. The number of methoxy groups -OCH3 is 1. The number of nitrogens with one attached hydrogen (secondary N) is 1. The van der Waals surface area contributed by atoms with Gasteiger partial charge in [0.1, 0.15) is 5.75 Å². The average molecular weight is 273 g/mol. The lowest BCUT2D eigenvalue weighted by atomic mass is 9.95.